The van der Waals surface area contributed by atoms with Crippen molar-refractivity contribution in [1.29, 1.82) is 0 Å². The third-order valence-corrected chi connectivity index (χ3v) is 4.88. The highest BCUT2D eigenvalue weighted by molar-refractivity contribution is 8.00. The van der Waals surface area contributed by atoms with E-state index >= 15 is 0 Å². The molecule has 1 N–H and O–H groups in total. The molecule has 1 aliphatic rings. The molecular formula is C16H12ClNO3S. The summed E-state index contributed by atoms with van der Waals surface area (Å²) in [5, 5.41) is 9.48. The Bertz CT molecular complexity index is 715. The molecule has 3 rings (SSSR count). The van der Waals surface area contributed by atoms with Crippen LogP contribution in [0.1, 0.15) is 21.3 Å². The van der Waals surface area contributed by atoms with Crippen LogP contribution in [0.5, 0.6) is 0 Å². The highest BCUT2D eigenvalue weighted by Crippen LogP contribution is 2.41. The number of carboxylic acid groups (broad SMARTS) is 1. The summed E-state index contributed by atoms with van der Waals surface area (Å²) in [7, 11) is 0. The molecule has 0 saturated carbocycles. The molecule has 2 aromatic carbocycles. The highest BCUT2D eigenvalue weighted by atomic mass is 35.5. The van der Waals surface area contributed by atoms with Crippen LogP contribution in [0.4, 0.5) is 5.69 Å². The SMILES string of the molecule is O=C(O)c1ccc(N2C(=O)CS[C@H]2c2ccc(Cl)cc2)cc1. The van der Waals surface area contributed by atoms with E-state index in [1.54, 1.807) is 29.2 Å². The zero-order chi connectivity index (χ0) is 15.7. The first kappa shape index (κ1) is 14.9. The van der Waals surface area contributed by atoms with Gasteiger partial charge in [0.1, 0.15) is 5.37 Å². The summed E-state index contributed by atoms with van der Waals surface area (Å²) in [5.74, 6) is -0.579. The van der Waals surface area contributed by atoms with Crippen LogP contribution in [0.15, 0.2) is 48.5 Å². The topological polar surface area (TPSA) is 57.6 Å². The summed E-state index contributed by atoms with van der Waals surface area (Å²) >= 11 is 7.44. The Hall–Kier alpha value is -1.98. The second-order valence-corrected chi connectivity index (χ2v) is 6.34. The summed E-state index contributed by atoms with van der Waals surface area (Å²) in [4.78, 5) is 24.8. The molecular weight excluding hydrogens is 322 g/mol. The van der Waals surface area contributed by atoms with Gasteiger partial charge in [-0.1, -0.05) is 23.7 Å². The number of halogens is 1. The van der Waals surface area contributed by atoms with Crippen molar-refractivity contribution in [3.8, 4) is 0 Å². The lowest BCUT2D eigenvalue weighted by atomic mass is 10.1. The molecule has 2 aromatic rings. The average molecular weight is 334 g/mol. The molecule has 1 heterocycles. The standard InChI is InChI=1S/C16H12ClNO3S/c17-12-5-1-10(2-6-12)15-18(14(19)9-22-15)13-7-3-11(4-8-13)16(20)21/h1-8,15H,9H2,(H,20,21)/t15-/m0/s1. The van der Waals surface area contributed by atoms with Crippen molar-refractivity contribution >= 4 is 40.9 Å². The first-order valence-corrected chi connectivity index (χ1v) is 8.01. The molecule has 1 amide bonds. The molecule has 4 nitrogen and oxygen atoms in total. The van der Waals surface area contributed by atoms with Crippen LogP contribution in [-0.4, -0.2) is 22.7 Å². The molecule has 1 atom stereocenters. The predicted molar refractivity (Wildman–Crippen MR) is 87.5 cm³/mol. The lowest BCUT2D eigenvalue weighted by Gasteiger charge is -2.24. The van der Waals surface area contributed by atoms with Gasteiger partial charge in [0.2, 0.25) is 5.91 Å². The van der Waals surface area contributed by atoms with E-state index in [9.17, 15) is 9.59 Å². The predicted octanol–water partition coefficient (Wildman–Crippen LogP) is 3.82. The number of benzene rings is 2. The lowest BCUT2D eigenvalue weighted by molar-refractivity contribution is -0.115. The van der Waals surface area contributed by atoms with Crippen molar-refractivity contribution in [1.82, 2.24) is 0 Å². The Labute approximate surface area is 136 Å². The summed E-state index contributed by atoms with van der Waals surface area (Å²) in [6, 6.07) is 13.7. The molecule has 1 saturated heterocycles. The van der Waals surface area contributed by atoms with Gasteiger partial charge in [0.05, 0.1) is 11.3 Å². The number of hydrogen-bond donors (Lipinski definition) is 1. The van der Waals surface area contributed by atoms with Gasteiger partial charge in [-0.3, -0.25) is 9.69 Å². The molecule has 0 bridgehead atoms. The maximum atomic E-state index is 12.2. The number of amides is 1. The number of nitrogens with zero attached hydrogens (tertiary/aromatic N) is 1. The average Bonchev–Trinajstić information content (AvgIpc) is 2.90. The molecule has 22 heavy (non-hydrogen) atoms. The van der Waals surface area contributed by atoms with Crippen LogP contribution < -0.4 is 4.90 Å². The van der Waals surface area contributed by atoms with Crippen molar-refractivity contribution in [2.24, 2.45) is 0 Å². The molecule has 1 fully saturated rings. The number of rotatable bonds is 3. The number of thioether (sulfide) groups is 1. The Balaban J connectivity index is 1.93. The van der Waals surface area contributed by atoms with Crippen LogP contribution in [0.25, 0.3) is 0 Å². The van der Waals surface area contributed by atoms with E-state index in [0.717, 1.165) is 5.56 Å². The van der Waals surface area contributed by atoms with Crippen molar-refractivity contribution in [3.63, 3.8) is 0 Å². The van der Waals surface area contributed by atoms with E-state index in [1.165, 1.54) is 23.9 Å². The van der Waals surface area contributed by atoms with E-state index in [-0.39, 0.29) is 16.8 Å². The van der Waals surface area contributed by atoms with E-state index in [1.807, 2.05) is 12.1 Å². The van der Waals surface area contributed by atoms with Crippen LogP contribution in [-0.2, 0) is 4.79 Å². The minimum Gasteiger partial charge on any atom is -0.478 e. The number of carbonyl (C=O) groups excluding carboxylic acids is 1. The smallest absolute Gasteiger partial charge is 0.335 e. The van der Waals surface area contributed by atoms with Crippen LogP contribution in [0, 0.1) is 0 Å². The number of anilines is 1. The van der Waals surface area contributed by atoms with Crippen molar-refractivity contribution in [3.05, 3.63) is 64.7 Å². The first-order chi connectivity index (χ1) is 10.6. The molecule has 6 heteroatoms. The number of aromatic carboxylic acids is 1. The molecule has 0 unspecified atom stereocenters. The maximum Gasteiger partial charge on any atom is 0.335 e. The van der Waals surface area contributed by atoms with Gasteiger partial charge in [-0.2, -0.15) is 0 Å². The van der Waals surface area contributed by atoms with E-state index in [4.69, 9.17) is 16.7 Å². The summed E-state index contributed by atoms with van der Waals surface area (Å²) in [6.45, 7) is 0. The fourth-order valence-corrected chi connectivity index (χ4v) is 3.65. The molecule has 0 aliphatic carbocycles. The fourth-order valence-electron chi connectivity index (χ4n) is 2.34. The third-order valence-electron chi connectivity index (χ3n) is 3.42. The molecule has 0 aromatic heterocycles. The van der Waals surface area contributed by atoms with Gasteiger partial charge in [0.15, 0.2) is 0 Å². The Kier molecular flexibility index (Phi) is 4.09. The first-order valence-electron chi connectivity index (χ1n) is 6.59. The summed E-state index contributed by atoms with van der Waals surface area (Å²) < 4.78 is 0. The van der Waals surface area contributed by atoms with Crippen LogP contribution in [0.3, 0.4) is 0 Å². The minimum absolute atomic E-state index is 0.00743. The lowest BCUT2D eigenvalue weighted by Crippen LogP contribution is -2.27. The second kappa shape index (κ2) is 6.02. The molecule has 1 aliphatic heterocycles. The monoisotopic (exact) mass is 333 g/mol. The Morgan fingerprint density at radius 2 is 1.77 bits per heavy atom. The van der Waals surface area contributed by atoms with Crippen LogP contribution in [0.2, 0.25) is 5.02 Å². The van der Waals surface area contributed by atoms with E-state index in [0.29, 0.717) is 16.5 Å². The van der Waals surface area contributed by atoms with E-state index < -0.39 is 5.97 Å². The van der Waals surface area contributed by atoms with E-state index in [2.05, 4.69) is 0 Å². The van der Waals surface area contributed by atoms with Gasteiger partial charge < -0.3 is 5.11 Å². The number of carboxylic acids is 1. The van der Waals surface area contributed by atoms with Gasteiger partial charge in [-0.15, -0.1) is 11.8 Å². The molecule has 0 radical (unpaired) electrons. The van der Waals surface area contributed by atoms with Crippen molar-refractivity contribution in [2.45, 2.75) is 5.37 Å². The molecule has 0 spiro atoms. The highest BCUT2D eigenvalue weighted by Gasteiger charge is 2.33. The Morgan fingerprint density at radius 1 is 1.14 bits per heavy atom. The molecule has 112 valence electrons. The van der Waals surface area contributed by atoms with Crippen LogP contribution >= 0.6 is 23.4 Å². The van der Waals surface area contributed by atoms with Gasteiger partial charge in [0, 0.05) is 10.7 Å². The fraction of sp³-hybridized carbons (Fsp3) is 0.125. The zero-order valence-electron chi connectivity index (χ0n) is 11.4. The van der Waals surface area contributed by atoms with Gasteiger partial charge in [-0.25, -0.2) is 4.79 Å². The van der Waals surface area contributed by atoms with Gasteiger partial charge >= 0.3 is 5.97 Å². The second-order valence-electron chi connectivity index (χ2n) is 4.83. The quantitative estimate of drug-likeness (QED) is 0.927. The summed E-state index contributed by atoms with van der Waals surface area (Å²) in [6.07, 6.45) is 0. The van der Waals surface area contributed by atoms with Gasteiger partial charge in [-0.05, 0) is 42.0 Å². The van der Waals surface area contributed by atoms with Crippen molar-refractivity contribution < 1.29 is 14.7 Å². The minimum atomic E-state index is -0.983. The Morgan fingerprint density at radius 3 is 2.36 bits per heavy atom. The van der Waals surface area contributed by atoms with Gasteiger partial charge in [0.25, 0.3) is 0 Å². The third kappa shape index (κ3) is 2.82. The maximum absolute atomic E-state index is 12.2. The number of hydrogen-bond acceptors (Lipinski definition) is 3. The number of carbonyl (C=O) groups is 2. The van der Waals surface area contributed by atoms with Crippen molar-refractivity contribution in [2.75, 3.05) is 10.7 Å². The normalized spacial score (nSPS) is 17.8. The summed E-state index contributed by atoms with van der Waals surface area (Å²) in [5.41, 5.74) is 1.88. The zero-order valence-corrected chi connectivity index (χ0v) is 13.0. The largest absolute Gasteiger partial charge is 0.478 e.